The zero-order valence-corrected chi connectivity index (χ0v) is 15.6. The Morgan fingerprint density at radius 2 is 1.96 bits per heavy atom. The topological polar surface area (TPSA) is 64.6 Å². The van der Waals surface area contributed by atoms with Crippen LogP contribution in [0.5, 0.6) is 5.75 Å². The second-order valence-corrected chi connectivity index (χ2v) is 6.86. The number of hydrogen-bond donors (Lipinski definition) is 1. The average molecular weight is 347 g/mol. The van der Waals surface area contributed by atoms with Crippen LogP contribution in [-0.4, -0.2) is 30.6 Å². The first-order valence-corrected chi connectivity index (χ1v) is 9.17. The molecule has 25 heavy (non-hydrogen) atoms. The minimum Gasteiger partial charge on any atom is -0.493 e. The highest BCUT2D eigenvalue weighted by Crippen LogP contribution is 2.29. The molecule has 2 rings (SSSR count). The summed E-state index contributed by atoms with van der Waals surface area (Å²) >= 11 is 0. The number of para-hydroxylation sites is 1. The zero-order chi connectivity index (χ0) is 18.4. The predicted octanol–water partition coefficient (Wildman–Crippen LogP) is 3.57. The predicted molar refractivity (Wildman–Crippen MR) is 96.6 cm³/mol. The number of rotatable bonds is 6. The first kappa shape index (κ1) is 19.3. The second-order valence-electron chi connectivity index (χ2n) is 6.86. The van der Waals surface area contributed by atoms with E-state index in [1.165, 1.54) is 6.42 Å². The van der Waals surface area contributed by atoms with Gasteiger partial charge in [-0.2, -0.15) is 0 Å². The molecule has 4 atom stereocenters. The number of nitrogens with one attached hydrogen (secondary N) is 1. The Hall–Kier alpha value is -2.04. The molecule has 0 aromatic heterocycles. The summed E-state index contributed by atoms with van der Waals surface area (Å²) in [6.45, 7) is 8.30. The molecular weight excluding hydrogens is 318 g/mol. The van der Waals surface area contributed by atoms with Gasteiger partial charge in [0.2, 0.25) is 0 Å². The monoisotopic (exact) mass is 347 g/mol. The Morgan fingerprint density at radius 3 is 2.68 bits per heavy atom. The maximum atomic E-state index is 12.4. The quantitative estimate of drug-likeness (QED) is 0.799. The fraction of sp³-hybridized carbons (Fsp3) is 0.600. The Bertz CT molecular complexity index is 601. The van der Waals surface area contributed by atoms with Crippen molar-refractivity contribution in [3.05, 3.63) is 29.8 Å². The number of ether oxygens (including phenoxy) is 2. The highest BCUT2D eigenvalue weighted by Gasteiger charge is 2.30. The molecule has 0 radical (unpaired) electrons. The van der Waals surface area contributed by atoms with Crippen LogP contribution in [0.25, 0.3) is 0 Å². The van der Waals surface area contributed by atoms with Crippen molar-refractivity contribution in [2.45, 2.75) is 59.1 Å². The van der Waals surface area contributed by atoms with E-state index in [-0.39, 0.29) is 11.9 Å². The number of esters is 1. The Morgan fingerprint density at radius 1 is 1.24 bits per heavy atom. The first-order valence-electron chi connectivity index (χ1n) is 9.17. The summed E-state index contributed by atoms with van der Waals surface area (Å²) in [4.78, 5) is 24.8. The van der Waals surface area contributed by atoms with E-state index in [1.54, 1.807) is 31.2 Å². The highest BCUT2D eigenvalue weighted by molar-refractivity contribution is 5.94. The van der Waals surface area contributed by atoms with Gasteiger partial charge in [0.05, 0.1) is 6.61 Å². The van der Waals surface area contributed by atoms with Gasteiger partial charge in [0.25, 0.3) is 5.91 Å². The van der Waals surface area contributed by atoms with E-state index >= 15 is 0 Å². The molecule has 0 heterocycles. The smallest absolute Gasteiger partial charge is 0.342 e. The van der Waals surface area contributed by atoms with Crippen LogP contribution in [0.3, 0.4) is 0 Å². The molecule has 1 aliphatic rings. The van der Waals surface area contributed by atoms with Crippen LogP contribution in [-0.2, 0) is 9.53 Å². The molecule has 1 aromatic rings. The maximum absolute atomic E-state index is 12.4. The molecular formula is C20H29NO4. The summed E-state index contributed by atoms with van der Waals surface area (Å²) in [5.74, 6) is 0.705. The molecule has 0 unspecified atom stereocenters. The van der Waals surface area contributed by atoms with Gasteiger partial charge >= 0.3 is 5.97 Å². The lowest BCUT2D eigenvalue weighted by molar-refractivity contribution is -0.130. The van der Waals surface area contributed by atoms with Gasteiger partial charge in [-0.05, 0) is 44.2 Å². The molecule has 5 nitrogen and oxygen atoms in total. The van der Waals surface area contributed by atoms with Crippen molar-refractivity contribution in [3.63, 3.8) is 0 Å². The largest absolute Gasteiger partial charge is 0.493 e. The first-order chi connectivity index (χ1) is 11.9. The van der Waals surface area contributed by atoms with E-state index in [1.807, 2.05) is 6.92 Å². The van der Waals surface area contributed by atoms with Crippen LogP contribution in [0.1, 0.15) is 57.3 Å². The van der Waals surface area contributed by atoms with Gasteiger partial charge in [-0.25, -0.2) is 4.79 Å². The number of amides is 1. The highest BCUT2D eigenvalue weighted by atomic mass is 16.5. The molecule has 0 bridgehead atoms. The Balaban J connectivity index is 1.95. The third kappa shape index (κ3) is 4.97. The molecule has 1 aliphatic carbocycles. The van der Waals surface area contributed by atoms with Crippen molar-refractivity contribution in [2.75, 3.05) is 6.61 Å². The van der Waals surface area contributed by atoms with Crippen LogP contribution < -0.4 is 10.1 Å². The van der Waals surface area contributed by atoms with Crippen LogP contribution in [0.15, 0.2) is 24.3 Å². The molecule has 0 aliphatic heterocycles. The summed E-state index contributed by atoms with van der Waals surface area (Å²) in [7, 11) is 0. The number of benzene rings is 1. The van der Waals surface area contributed by atoms with Gasteiger partial charge in [-0.3, -0.25) is 4.79 Å². The third-order valence-corrected chi connectivity index (χ3v) is 5.09. The maximum Gasteiger partial charge on any atom is 0.342 e. The average Bonchev–Trinajstić information content (AvgIpc) is 2.59. The van der Waals surface area contributed by atoms with E-state index in [9.17, 15) is 9.59 Å². The van der Waals surface area contributed by atoms with E-state index < -0.39 is 12.1 Å². The van der Waals surface area contributed by atoms with Crippen LogP contribution in [0.2, 0.25) is 0 Å². The minimum atomic E-state index is -0.841. The van der Waals surface area contributed by atoms with Crippen LogP contribution in [0, 0.1) is 11.8 Å². The molecule has 0 spiro atoms. The molecule has 138 valence electrons. The summed E-state index contributed by atoms with van der Waals surface area (Å²) < 4.78 is 10.8. The summed E-state index contributed by atoms with van der Waals surface area (Å²) in [5.41, 5.74) is 0.337. The van der Waals surface area contributed by atoms with E-state index in [0.29, 0.717) is 29.8 Å². The number of carbonyl (C=O) groups excluding carboxylic acids is 2. The molecule has 1 saturated carbocycles. The lowest BCUT2D eigenvalue weighted by Gasteiger charge is -2.35. The normalized spacial score (nSPS) is 24.2. The lowest BCUT2D eigenvalue weighted by atomic mass is 9.78. The van der Waals surface area contributed by atoms with Crippen molar-refractivity contribution in [2.24, 2.45) is 11.8 Å². The van der Waals surface area contributed by atoms with Crippen LogP contribution in [0.4, 0.5) is 0 Å². The van der Waals surface area contributed by atoms with E-state index in [2.05, 4.69) is 19.2 Å². The van der Waals surface area contributed by atoms with Gasteiger partial charge in [0.1, 0.15) is 11.3 Å². The van der Waals surface area contributed by atoms with Crippen LogP contribution >= 0.6 is 0 Å². The molecule has 1 fully saturated rings. The van der Waals surface area contributed by atoms with Crippen molar-refractivity contribution >= 4 is 11.9 Å². The van der Waals surface area contributed by atoms with Gasteiger partial charge < -0.3 is 14.8 Å². The standard InChI is InChI=1S/C20H29NO4/c1-5-24-18-12-7-6-10-16(18)20(23)25-15(4)19(22)21-17-11-8-9-13(2)14(17)3/h6-7,10,12-15,17H,5,8-9,11H2,1-4H3,(H,21,22)/t13-,14-,15-,17-/m0/s1. The molecule has 0 saturated heterocycles. The number of carbonyl (C=O) groups is 2. The minimum absolute atomic E-state index is 0.146. The fourth-order valence-corrected chi connectivity index (χ4v) is 3.28. The fourth-order valence-electron chi connectivity index (χ4n) is 3.28. The van der Waals surface area contributed by atoms with E-state index in [0.717, 1.165) is 12.8 Å². The Labute approximate surface area is 150 Å². The van der Waals surface area contributed by atoms with Gasteiger partial charge in [0, 0.05) is 6.04 Å². The number of hydrogen-bond acceptors (Lipinski definition) is 4. The SMILES string of the molecule is CCOc1ccccc1C(=O)O[C@@H](C)C(=O)N[C@H]1CCC[C@H](C)[C@@H]1C. The van der Waals surface area contributed by atoms with Gasteiger partial charge in [-0.1, -0.05) is 38.8 Å². The molecule has 1 aromatic carbocycles. The summed E-state index contributed by atoms with van der Waals surface area (Å²) in [5, 5.41) is 3.05. The Kier molecular flexibility index (Phi) is 6.85. The van der Waals surface area contributed by atoms with Crippen molar-refractivity contribution in [1.29, 1.82) is 0 Å². The second kappa shape index (κ2) is 8.88. The zero-order valence-electron chi connectivity index (χ0n) is 15.6. The molecule has 1 amide bonds. The van der Waals surface area contributed by atoms with Crippen molar-refractivity contribution in [1.82, 2.24) is 5.32 Å². The van der Waals surface area contributed by atoms with E-state index in [4.69, 9.17) is 9.47 Å². The van der Waals surface area contributed by atoms with Gasteiger partial charge in [-0.15, -0.1) is 0 Å². The summed E-state index contributed by atoms with van der Waals surface area (Å²) in [6, 6.07) is 7.05. The molecule has 5 heteroatoms. The van der Waals surface area contributed by atoms with Crippen molar-refractivity contribution in [3.8, 4) is 5.75 Å². The van der Waals surface area contributed by atoms with Crippen molar-refractivity contribution < 1.29 is 19.1 Å². The molecule has 1 N–H and O–H groups in total. The van der Waals surface area contributed by atoms with Gasteiger partial charge in [0.15, 0.2) is 6.10 Å². The summed E-state index contributed by atoms with van der Waals surface area (Å²) in [6.07, 6.45) is 2.45. The third-order valence-electron chi connectivity index (χ3n) is 5.09. The lowest BCUT2D eigenvalue weighted by Crippen LogP contribution is -2.47.